The minimum Gasteiger partial charge on any atom is -0.500 e. The van der Waals surface area contributed by atoms with Crippen LogP contribution in [0.3, 0.4) is 0 Å². The van der Waals surface area contributed by atoms with Crippen molar-refractivity contribution in [1.29, 1.82) is 5.26 Å². The van der Waals surface area contributed by atoms with E-state index in [1.807, 2.05) is 0 Å². The molecule has 0 atom stereocenters. The highest BCUT2D eigenvalue weighted by Crippen LogP contribution is 2.14. The molecular formula is C13H14N2O4S. The SMILES string of the molecule is CCOC=C(C#N)C(=O)c1ccc(NS(C)(=O)=O)cc1. The Hall–Kier alpha value is -2.33. The number of hydrogen-bond donors (Lipinski definition) is 1. The zero-order valence-electron chi connectivity index (χ0n) is 11.1. The second-order valence-corrected chi connectivity index (χ2v) is 5.63. The number of benzene rings is 1. The number of carbonyl (C=O) groups is 1. The molecule has 1 N–H and O–H groups in total. The molecule has 1 aromatic carbocycles. The molecule has 0 aliphatic rings. The van der Waals surface area contributed by atoms with Gasteiger partial charge in [0.15, 0.2) is 0 Å². The van der Waals surface area contributed by atoms with Crippen molar-refractivity contribution in [1.82, 2.24) is 0 Å². The monoisotopic (exact) mass is 294 g/mol. The third kappa shape index (κ3) is 4.74. The Morgan fingerprint density at radius 2 is 2.00 bits per heavy atom. The first-order valence-electron chi connectivity index (χ1n) is 5.71. The topological polar surface area (TPSA) is 96.3 Å². The van der Waals surface area contributed by atoms with E-state index in [9.17, 15) is 13.2 Å². The number of carbonyl (C=O) groups excluding carboxylic acids is 1. The molecule has 1 rings (SSSR count). The Bertz CT molecular complexity index is 655. The van der Waals surface area contributed by atoms with E-state index >= 15 is 0 Å². The van der Waals surface area contributed by atoms with Crippen LogP contribution in [0, 0.1) is 11.3 Å². The standard InChI is InChI=1S/C13H14N2O4S/c1-3-19-9-11(8-14)13(16)10-4-6-12(7-5-10)15-20(2,17)18/h4-7,9,15H,3H2,1-2H3. The summed E-state index contributed by atoms with van der Waals surface area (Å²) in [4.78, 5) is 12.0. The van der Waals surface area contributed by atoms with Crippen LogP contribution in [-0.4, -0.2) is 27.1 Å². The Morgan fingerprint density at radius 3 is 2.45 bits per heavy atom. The average Bonchev–Trinajstić information content (AvgIpc) is 2.38. The molecule has 0 saturated carbocycles. The van der Waals surface area contributed by atoms with Crippen LogP contribution in [0.2, 0.25) is 0 Å². The quantitative estimate of drug-likeness (QED) is 0.373. The molecule has 1 aromatic rings. The van der Waals surface area contributed by atoms with E-state index in [-0.39, 0.29) is 11.1 Å². The molecule has 6 nitrogen and oxygen atoms in total. The van der Waals surface area contributed by atoms with Gasteiger partial charge >= 0.3 is 0 Å². The fraction of sp³-hybridized carbons (Fsp3) is 0.231. The highest BCUT2D eigenvalue weighted by Gasteiger charge is 2.12. The van der Waals surface area contributed by atoms with Gasteiger partial charge in [-0.3, -0.25) is 9.52 Å². The molecule has 20 heavy (non-hydrogen) atoms. The van der Waals surface area contributed by atoms with Gasteiger partial charge in [0, 0.05) is 11.3 Å². The maximum atomic E-state index is 12.0. The van der Waals surface area contributed by atoms with Crippen LogP contribution in [0.1, 0.15) is 17.3 Å². The van der Waals surface area contributed by atoms with Gasteiger partial charge in [-0.1, -0.05) is 0 Å². The highest BCUT2D eigenvalue weighted by molar-refractivity contribution is 7.92. The summed E-state index contributed by atoms with van der Waals surface area (Å²) in [6.45, 7) is 2.09. The normalized spacial score (nSPS) is 11.6. The second kappa shape index (κ2) is 6.73. The predicted octanol–water partition coefficient (Wildman–Crippen LogP) is 1.68. The second-order valence-electron chi connectivity index (χ2n) is 3.88. The lowest BCUT2D eigenvalue weighted by molar-refractivity contribution is 0.103. The highest BCUT2D eigenvalue weighted by atomic mass is 32.2. The number of rotatable bonds is 6. The van der Waals surface area contributed by atoms with Crippen LogP contribution in [-0.2, 0) is 14.8 Å². The first kappa shape index (κ1) is 15.7. The third-order valence-corrected chi connectivity index (χ3v) is 2.79. The summed E-state index contributed by atoms with van der Waals surface area (Å²) >= 11 is 0. The van der Waals surface area contributed by atoms with Gasteiger partial charge in [0.2, 0.25) is 15.8 Å². The summed E-state index contributed by atoms with van der Waals surface area (Å²) in [6.07, 6.45) is 2.15. The molecule has 0 aromatic heterocycles. The van der Waals surface area contributed by atoms with Gasteiger partial charge in [-0.2, -0.15) is 5.26 Å². The molecule has 0 amide bonds. The van der Waals surface area contributed by atoms with E-state index < -0.39 is 15.8 Å². The summed E-state index contributed by atoms with van der Waals surface area (Å²) in [5.41, 5.74) is 0.503. The molecule has 106 valence electrons. The molecular weight excluding hydrogens is 280 g/mol. The molecule has 0 unspecified atom stereocenters. The van der Waals surface area contributed by atoms with Gasteiger partial charge in [-0.15, -0.1) is 0 Å². The van der Waals surface area contributed by atoms with Crippen molar-refractivity contribution in [3.63, 3.8) is 0 Å². The molecule has 7 heteroatoms. The first-order valence-corrected chi connectivity index (χ1v) is 7.61. The van der Waals surface area contributed by atoms with E-state index in [1.54, 1.807) is 13.0 Å². The zero-order chi connectivity index (χ0) is 15.2. The van der Waals surface area contributed by atoms with Crippen LogP contribution < -0.4 is 4.72 Å². The lowest BCUT2D eigenvalue weighted by atomic mass is 10.1. The molecule has 0 bridgehead atoms. The number of ketones is 1. The summed E-state index contributed by atoms with van der Waals surface area (Å²) in [5, 5.41) is 8.88. The first-order chi connectivity index (χ1) is 9.37. The van der Waals surface area contributed by atoms with Crippen LogP contribution in [0.15, 0.2) is 36.1 Å². The Balaban J connectivity index is 2.93. The Morgan fingerprint density at radius 1 is 1.40 bits per heavy atom. The number of Topliss-reactive ketones (excluding diaryl/α,β-unsaturated/α-hetero) is 1. The maximum Gasteiger partial charge on any atom is 0.229 e. The van der Waals surface area contributed by atoms with E-state index in [1.165, 1.54) is 24.3 Å². The summed E-state index contributed by atoms with van der Waals surface area (Å²) in [5.74, 6) is -0.480. The lowest BCUT2D eigenvalue weighted by Gasteiger charge is -2.05. The van der Waals surface area contributed by atoms with E-state index in [0.717, 1.165) is 12.5 Å². The van der Waals surface area contributed by atoms with Gasteiger partial charge in [-0.25, -0.2) is 8.42 Å². The smallest absolute Gasteiger partial charge is 0.229 e. The van der Waals surface area contributed by atoms with Gasteiger partial charge in [0.25, 0.3) is 0 Å². The average molecular weight is 294 g/mol. The van der Waals surface area contributed by atoms with Crippen molar-refractivity contribution >= 4 is 21.5 Å². The fourth-order valence-corrected chi connectivity index (χ4v) is 1.92. The van der Waals surface area contributed by atoms with E-state index in [4.69, 9.17) is 10.00 Å². The van der Waals surface area contributed by atoms with Gasteiger partial charge in [0.05, 0.1) is 12.9 Å². The third-order valence-electron chi connectivity index (χ3n) is 2.18. The Labute approximate surface area is 117 Å². The number of sulfonamides is 1. The number of allylic oxidation sites excluding steroid dienone is 1. The number of ether oxygens (including phenoxy) is 1. The van der Waals surface area contributed by atoms with Crippen molar-refractivity contribution in [3.8, 4) is 6.07 Å². The van der Waals surface area contributed by atoms with E-state index in [2.05, 4.69) is 4.72 Å². The van der Waals surface area contributed by atoms with Crippen molar-refractivity contribution in [2.45, 2.75) is 6.92 Å². The van der Waals surface area contributed by atoms with Gasteiger partial charge < -0.3 is 4.74 Å². The van der Waals surface area contributed by atoms with Crippen molar-refractivity contribution in [2.75, 3.05) is 17.6 Å². The number of nitrogens with zero attached hydrogens (tertiary/aromatic N) is 1. The van der Waals surface area contributed by atoms with Crippen LogP contribution in [0.4, 0.5) is 5.69 Å². The summed E-state index contributed by atoms with van der Waals surface area (Å²) < 4.78 is 29.3. The largest absolute Gasteiger partial charge is 0.500 e. The van der Waals surface area contributed by atoms with Crippen LogP contribution >= 0.6 is 0 Å². The molecule has 0 aliphatic carbocycles. The number of nitriles is 1. The zero-order valence-corrected chi connectivity index (χ0v) is 11.9. The van der Waals surface area contributed by atoms with Crippen molar-refractivity contribution < 1.29 is 17.9 Å². The predicted molar refractivity (Wildman–Crippen MR) is 74.6 cm³/mol. The summed E-state index contributed by atoms with van der Waals surface area (Å²) in [7, 11) is -3.36. The lowest BCUT2D eigenvalue weighted by Crippen LogP contribution is -2.10. The molecule has 0 heterocycles. The molecule has 0 fully saturated rings. The minimum absolute atomic E-state index is 0.115. The van der Waals surface area contributed by atoms with Crippen LogP contribution in [0.5, 0.6) is 0 Å². The van der Waals surface area contributed by atoms with Gasteiger partial charge in [0.1, 0.15) is 17.9 Å². The minimum atomic E-state index is -3.36. The van der Waals surface area contributed by atoms with Crippen LogP contribution in [0.25, 0.3) is 0 Å². The number of nitrogens with one attached hydrogen (secondary N) is 1. The number of hydrogen-bond acceptors (Lipinski definition) is 5. The van der Waals surface area contributed by atoms with Crippen molar-refractivity contribution in [3.05, 3.63) is 41.7 Å². The van der Waals surface area contributed by atoms with Gasteiger partial charge in [-0.05, 0) is 31.2 Å². The maximum absolute atomic E-state index is 12.0. The van der Waals surface area contributed by atoms with Crippen molar-refractivity contribution in [2.24, 2.45) is 0 Å². The summed E-state index contributed by atoms with van der Waals surface area (Å²) in [6, 6.07) is 7.53. The molecule has 0 spiro atoms. The molecule has 0 saturated heterocycles. The Kier molecular flexibility index (Phi) is 5.29. The molecule has 0 radical (unpaired) electrons. The number of anilines is 1. The van der Waals surface area contributed by atoms with E-state index in [0.29, 0.717) is 12.3 Å². The fourth-order valence-electron chi connectivity index (χ4n) is 1.36. The molecule has 0 aliphatic heterocycles.